The molecular weight excluding hydrogens is 544 g/mol. The summed E-state index contributed by atoms with van der Waals surface area (Å²) in [6.07, 6.45) is 4.09. The molecule has 0 saturated carbocycles. The van der Waals surface area contributed by atoms with Crippen molar-refractivity contribution in [3.05, 3.63) is 119 Å². The highest BCUT2D eigenvalue weighted by atomic mass is 32.2. The summed E-state index contributed by atoms with van der Waals surface area (Å²) >= 11 is 1.30. The summed E-state index contributed by atoms with van der Waals surface area (Å²) < 4.78 is 39.0. The fourth-order valence-electron chi connectivity index (χ4n) is 4.29. The Labute approximate surface area is 237 Å². The number of carbonyl (C=O) groups excluding carboxylic acids is 1. The molecule has 2 aromatic heterocycles. The number of aromatic nitrogens is 1. The van der Waals surface area contributed by atoms with E-state index in [0.717, 1.165) is 50.3 Å². The first-order valence-corrected chi connectivity index (χ1v) is 15.5. The quantitative estimate of drug-likeness (QED) is 0.207. The Balaban J connectivity index is 1.26. The van der Waals surface area contributed by atoms with Gasteiger partial charge < -0.3 is 8.83 Å². The van der Waals surface area contributed by atoms with Gasteiger partial charge >= 0.3 is 0 Å². The lowest BCUT2D eigenvalue weighted by Gasteiger charge is -2.14. The lowest BCUT2D eigenvalue weighted by Crippen LogP contribution is -2.37. The van der Waals surface area contributed by atoms with E-state index in [1.165, 1.54) is 17.8 Å². The van der Waals surface area contributed by atoms with E-state index in [4.69, 9.17) is 8.83 Å². The smallest absolute Gasteiger partial charge is 0.257 e. The Morgan fingerprint density at radius 3 is 2.45 bits per heavy atom. The molecule has 1 unspecified atom stereocenters. The highest BCUT2D eigenvalue weighted by Crippen LogP contribution is 2.27. The molecule has 0 saturated heterocycles. The third-order valence-electron chi connectivity index (χ3n) is 6.37. The predicted octanol–water partition coefficient (Wildman–Crippen LogP) is 6.38. The van der Waals surface area contributed by atoms with Crippen LogP contribution in [0.3, 0.4) is 0 Å². The topological polar surface area (TPSA) is 102 Å². The minimum Gasteiger partial charge on any atom is -0.461 e. The molecule has 1 atom stereocenters. The van der Waals surface area contributed by atoms with Crippen LogP contribution in [-0.4, -0.2) is 30.8 Å². The summed E-state index contributed by atoms with van der Waals surface area (Å²) in [7, 11) is -3.93. The fraction of sp³-hybridized carbons (Fsp3) is 0.161. The van der Waals surface area contributed by atoms with Gasteiger partial charge in [0.2, 0.25) is 11.8 Å². The Kier molecular flexibility index (Phi) is 8.23. The van der Waals surface area contributed by atoms with Crippen LogP contribution in [0.5, 0.6) is 0 Å². The number of aryl methyl sites for hydroxylation is 1. The lowest BCUT2D eigenvalue weighted by molar-refractivity contribution is -0.118. The molecular formula is C31H28N2O5S2. The van der Waals surface area contributed by atoms with Crippen LogP contribution >= 0.6 is 11.8 Å². The molecule has 9 heteroatoms. The largest absolute Gasteiger partial charge is 0.461 e. The minimum absolute atomic E-state index is 0.365. The Hall–Kier alpha value is -4.08. The van der Waals surface area contributed by atoms with Crippen LogP contribution in [0.1, 0.15) is 28.3 Å². The van der Waals surface area contributed by atoms with E-state index in [9.17, 15) is 13.2 Å². The zero-order valence-corrected chi connectivity index (χ0v) is 23.7. The van der Waals surface area contributed by atoms with Gasteiger partial charge in [-0.1, -0.05) is 54.6 Å². The van der Waals surface area contributed by atoms with Crippen molar-refractivity contribution in [2.24, 2.45) is 0 Å². The van der Waals surface area contributed by atoms with Crippen molar-refractivity contribution in [2.75, 3.05) is 6.26 Å². The van der Waals surface area contributed by atoms with Crippen molar-refractivity contribution in [3.63, 3.8) is 0 Å². The average molecular weight is 573 g/mol. The van der Waals surface area contributed by atoms with Crippen LogP contribution in [0.2, 0.25) is 0 Å². The van der Waals surface area contributed by atoms with Crippen molar-refractivity contribution < 1.29 is 22.0 Å². The summed E-state index contributed by atoms with van der Waals surface area (Å²) in [5, 5.41) is 1.32. The molecule has 0 bridgehead atoms. The molecule has 3 aromatic carbocycles. The molecule has 5 rings (SSSR count). The van der Waals surface area contributed by atoms with Gasteiger partial charge in [-0.15, -0.1) is 0 Å². The second-order valence-corrected chi connectivity index (χ2v) is 11.9. The highest BCUT2D eigenvalue weighted by molar-refractivity contribution is 8.00. The van der Waals surface area contributed by atoms with E-state index >= 15 is 0 Å². The summed E-state index contributed by atoms with van der Waals surface area (Å²) in [5.41, 5.74) is 4.07. The second kappa shape index (κ2) is 12.0. The van der Waals surface area contributed by atoms with Crippen LogP contribution in [-0.2, 0) is 27.7 Å². The highest BCUT2D eigenvalue weighted by Gasteiger charge is 2.22. The van der Waals surface area contributed by atoms with E-state index in [0.29, 0.717) is 18.7 Å². The number of rotatable bonds is 10. The van der Waals surface area contributed by atoms with Crippen molar-refractivity contribution in [2.45, 2.75) is 25.0 Å². The van der Waals surface area contributed by atoms with Crippen LogP contribution in [0.25, 0.3) is 28.5 Å². The summed E-state index contributed by atoms with van der Waals surface area (Å²) in [6, 6.07) is 26.5. The number of carbonyl (C=O) groups is 1. The number of amides is 1. The molecule has 7 nitrogen and oxygen atoms in total. The number of furan rings is 1. The first-order chi connectivity index (χ1) is 19.3. The van der Waals surface area contributed by atoms with Gasteiger partial charge in [-0.3, -0.25) is 4.79 Å². The van der Waals surface area contributed by atoms with E-state index in [-0.39, 0.29) is 0 Å². The monoisotopic (exact) mass is 572 g/mol. The lowest BCUT2D eigenvalue weighted by atomic mass is 10.1. The van der Waals surface area contributed by atoms with Crippen LogP contribution in [0, 0.1) is 6.92 Å². The van der Waals surface area contributed by atoms with Gasteiger partial charge in [0, 0.05) is 10.9 Å². The zero-order valence-electron chi connectivity index (χ0n) is 22.0. The van der Waals surface area contributed by atoms with E-state index in [1.54, 1.807) is 18.4 Å². The number of benzene rings is 3. The molecule has 0 fully saturated rings. The predicted molar refractivity (Wildman–Crippen MR) is 159 cm³/mol. The number of thioether (sulfide) groups is 1. The van der Waals surface area contributed by atoms with E-state index < -0.39 is 21.2 Å². The SMILES string of the molecule is CSC(Cc1ccc2oc(Cc3nc(-c4ccccc4)oc3C)cc2c1)C(=O)NS(=O)(=O)C=Cc1ccccc1. The number of hydrogen-bond donors (Lipinski definition) is 1. The van der Waals surface area contributed by atoms with Crippen LogP contribution < -0.4 is 4.72 Å². The molecule has 1 N–H and O–H groups in total. The van der Waals surface area contributed by atoms with E-state index in [1.807, 2.05) is 79.7 Å². The number of oxazole rings is 1. The third kappa shape index (κ3) is 6.73. The number of nitrogens with zero attached hydrogens (tertiary/aromatic N) is 1. The summed E-state index contributed by atoms with van der Waals surface area (Å²) in [5.74, 6) is 1.50. The number of sulfonamides is 1. The Morgan fingerprint density at radius 1 is 1.00 bits per heavy atom. The van der Waals surface area contributed by atoms with Gasteiger partial charge in [0.25, 0.3) is 10.0 Å². The summed E-state index contributed by atoms with van der Waals surface area (Å²) in [6.45, 7) is 1.89. The number of hydrogen-bond acceptors (Lipinski definition) is 7. The molecule has 0 aliphatic rings. The van der Waals surface area contributed by atoms with Gasteiger partial charge in [0.15, 0.2) is 0 Å². The van der Waals surface area contributed by atoms with Crippen molar-refractivity contribution in [1.82, 2.24) is 9.71 Å². The molecule has 0 spiro atoms. The maximum atomic E-state index is 12.8. The normalized spacial score (nSPS) is 12.7. The first-order valence-electron chi connectivity index (χ1n) is 12.7. The zero-order chi connectivity index (χ0) is 28.1. The van der Waals surface area contributed by atoms with Gasteiger partial charge in [-0.05, 0) is 67.1 Å². The van der Waals surface area contributed by atoms with Crippen molar-refractivity contribution >= 4 is 44.7 Å². The van der Waals surface area contributed by atoms with Crippen molar-refractivity contribution in [3.8, 4) is 11.5 Å². The Bertz CT molecular complexity index is 1760. The van der Waals surface area contributed by atoms with E-state index in [2.05, 4.69) is 9.71 Å². The molecule has 0 radical (unpaired) electrons. The summed E-state index contributed by atoms with van der Waals surface area (Å²) in [4.78, 5) is 17.5. The Morgan fingerprint density at radius 2 is 1.73 bits per heavy atom. The molecule has 40 heavy (non-hydrogen) atoms. The fourth-order valence-corrected chi connectivity index (χ4v) is 5.83. The molecule has 2 heterocycles. The second-order valence-electron chi connectivity index (χ2n) is 9.30. The van der Waals surface area contributed by atoms with Crippen LogP contribution in [0.4, 0.5) is 0 Å². The van der Waals surface area contributed by atoms with Crippen LogP contribution in [0.15, 0.2) is 99.2 Å². The number of fused-ring (bicyclic) bond motifs is 1. The van der Waals surface area contributed by atoms with Gasteiger partial charge in [-0.25, -0.2) is 18.1 Å². The first kappa shape index (κ1) is 27.5. The number of nitrogens with one attached hydrogen (secondary N) is 1. The minimum atomic E-state index is -3.93. The molecule has 0 aliphatic carbocycles. The van der Waals surface area contributed by atoms with Crippen molar-refractivity contribution in [1.29, 1.82) is 0 Å². The molecule has 0 aliphatic heterocycles. The van der Waals surface area contributed by atoms with Gasteiger partial charge in [0.1, 0.15) is 17.1 Å². The standard InChI is InChI=1S/C31H28N2O5S2/c1-21-27(32-31(37-21)24-11-7-4-8-12-24)20-26-19-25-17-23(13-14-28(25)38-26)18-29(39-2)30(34)33-40(35,36)16-15-22-9-5-3-6-10-22/h3-17,19,29H,18,20H2,1-2H3,(H,33,34). The third-order valence-corrected chi connectivity index (χ3v) is 8.30. The molecule has 5 aromatic rings. The molecule has 204 valence electrons. The average Bonchev–Trinajstić information content (AvgIpc) is 3.53. The van der Waals surface area contributed by atoms with Gasteiger partial charge in [0.05, 0.1) is 22.8 Å². The maximum Gasteiger partial charge on any atom is 0.257 e. The van der Waals surface area contributed by atoms with Gasteiger partial charge in [-0.2, -0.15) is 11.8 Å². The molecule has 1 amide bonds. The maximum absolute atomic E-state index is 12.8.